The first kappa shape index (κ1) is 26.7. The Kier molecular flexibility index (Phi) is 14.1. The Balaban J connectivity index is 2.11. The van der Waals surface area contributed by atoms with E-state index in [1.165, 1.54) is 0 Å². The van der Waals surface area contributed by atoms with Crippen LogP contribution in [0.1, 0.15) is 71.3 Å². The maximum atomic E-state index is 11.9. The zero-order valence-electron chi connectivity index (χ0n) is 19.3. The molecule has 1 unspecified atom stereocenters. The van der Waals surface area contributed by atoms with Crippen molar-refractivity contribution in [3.63, 3.8) is 0 Å². The average molecular weight is 435 g/mol. The van der Waals surface area contributed by atoms with E-state index in [2.05, 4.69) is 13.5 Å². The number of carbonyl (C=O) groups is 2. The van der Waals surface area contributed by atoms with E-state index in [4.69, 9.17) is 18.9 Å². The Morgan fingerprint density at radius 1 is 0.968 bits per heavy atom. The van der Waals surface area contributed by atoms with E-state index < -0.39 is 6.29 Å². The predicted molar refractivity (Wildman–Crippen MR) is 121 cm³/mol. The van der Waals surface area contributed by atoms with Gasteiger partial charge < -0.3 is 18.9 Å². The predicted octanol–water partition coefficient (Wildman–Crippen LogP) is 5.38. The molecule has 0 spiro atoms. The third-order valence-electron chi connectivity index (χ3n) is 4.58. The molecule has 6 heteroatoms. The Labute approximate surface area is 186 Å². The second-order valence-electron chi connectivity index (χ2n) is 7.60. The molecule has 0 bridgehead atoms. The molecule has 1 atom stereocenters. The van der Waals surface area contributed by atoms with Gasteiger partial charge in [-0.15, -0.1) is 0 Å². The van der Waals surface area contributed by atoms with Gasteiger partial charge in [0.25, 0.3) is 0 Å². The molecule has 31 heavy (non-hydrogen) atoms. The first-order valence-corrected chi connectivity index (χ1v) is 11.3. The van der Waals surface area contributed by atoms with Crippen molar-refractivity contribution in [2.24, 2.45) is 0 Å². The van der Waals surface area contributed by atoms with Crippen LogP contribution in [0, 0.1) is 0 Å². The van der Waals surface area contributed by atoms with Crippen LogP contribution in [0.2, 0.25) is 0 Å². The molecule has 0 amide bonds. The van der Waals surface area contributed by atoms with Crippen LogP contribution >= 0.6 is 0 Å². The monoisotopic (exact) mass is 434 g/mol. The van der Waals surface area contributed by atoms with Crippen molar-refractivity contribution in [1.82, 2.24) is 0 Å². The Bertz CT molecular complexity index is 652. The number of aryl methyl sites for hydroxylation is 1. The number of esters is 2. The lowest BCUT2D eigenvalue weighted by Gasteiger charge is -2.14. The lowest BCUT2D eigenvalue weighted by Crippen LogP contribution is -2.19. The summed E-state index contributed by atoms with van der Waals surface area (Å²) in [5, 5.41) is 0. The molecule has 0 aliphatic heterocycles. The van der Waals surface area contributed by atoms with Gasteiger partial charge in [-0.05, 0) is 70.1 Å². The van der Waals surface area contributed by atoms with Gasteiger partial charge in [0.2, 0.25) is 0 Å². The minimum Gasteiger partial charge on any atom is -0.494 e. The van der Waals surface area contributed by atoms with E-state index in [0.29, 0.717) is 38.2 Å². The second-order valence-corrected chi connectivity index (χ2v) is 7.60. The van der Waals surface area contributed by atoms with Crippen molar-refractivity contribution in [2.75, 3.05) is 19.8 Å². The molecule has 0 aliphatic rings. The van der Waals surface area contributed by atoms with Crippen LogP contribution in [0.15, 0.2) is 36.4 Å². The summed E-state index contributed by atoms with van der Waals surface area (Å²) in [6.45, 7) is 10.7. The van der Waals surface area contributed by atoms with Crippen LogP contribution in [0.5, 0.6) is 5.75 Å². The van der Waals surface area contributed by atoms with Crippen LogP contribution in [0.25, 0.3) is 0 Å². The largest absolute Gasteiger partial charge is 0.494 e. The van der Waals surface area contributed by atoms with E-state index in [9.17, 15) is 9.59 Å². The van der Waals surface area contributed by atoms with Crippen molar-refractivity contribution in [2.45, 2.75) is 78.4 Å². The third-order valence-corrected chi connectivity index (χ3v) is 4.58. The third kappa shape index (κ3) is 13.6. The average Bonchev–Trinajstić information content (AvgIpc) is 2.74. The van der Waals surface area contributed by atoms with Crippen molar-refractivity contribution in [3.05, 3.63) is 42.0 Å². The summed E-state index contributed by atoms with van der Waals surface area (Å²) in [6.07, 6.45) is 6.26. The summed E-state index contributed by atoms with van der Waals surface area (Å²) in [5.74, 6) is 0.244. The molecule has 0 heterocycles. The Morgan fingerprint density at radius 3 is 2.29 bits per heavy atom. The summed E-state index contributed by atoms with van der Waals surface area (Å²) >= 11 is 0. The quantitative estimate of drug-likeness (QED) is 0.142. The molecule has 1 aromatic rings. The molecule has 0 aliphatic carbocycles. The summed E-state index contributed by atoms with van der Waals surface area (Å²) < 4.78 is 21.5. The normalized spacial score (nSPS) is 11.6. The lowest BCUT2D eigenvalue weighted by atomic mass is 10.1. The minimum absolute atomic E-state index is 0.251. The van der Waals surface area contributed by atoms with Crippen LogP contribution < -0.4 is 4.74 Å². The number of benzene rings is 1. The zero-order valence-corrected chi connectivity index (χ0v) is 19.3. The molecule has 0 fully saturated rings. The molecule has 0 aromatic heterocycles. The van der Waals surface area contributed by atoms with Crippen LogP contribution in [-0.4, -0.2) is 38.0 Å². The number of hydrogen-bond donors (Lipinski definition) is 0. The molecular weight excluding hydrogens is 396 g/mol. The molecule has 0 saturated carbocycles. The molecule has 174 valence electrons. The van der Waals surface area contributed by atoms with Crippen molar-refractivity contribution in [3.8, 4) is 5.75 Å². The van der Waals surface area contributed by atoms with Gasteiger partial charge in [0, 0.05) is 12.0 Å². The molecule has 1 rings (SSSR count). The van der Waals surface area contributed by atoms with Crippen molar-refractivity contribution >= 4 is 11.9 Å². The first-order chi connectivity index (χ1) is 14.9. The van der Waals surface area contributed by atoms with E-state index in [1.54, 1.807) is 13.8 Å². The van der Waals surface area contributed by atoms with Gasteiger partial charge in [-0.1, -0.05) is 32.1 Å². The summed E-state index contributed by atoms with van der Waals surface area (Å²) in [6, 6.07) is 7.79. The molecule has 6 nitrogen and oxygen atoms in total. The molecular formula is C25H38O6. The highest BCUT2D eigenvalue weighted by Gasteiger charge is 2.10. The number of ether oxygens (including phenoxy) is 4. The molecule has 0 radical (unpaired) electrons. The highest BCUT2D eigenvalue weighted by Crippen LogP contribution is 2.15. The van der Waals surface area contributed by atoms with Crippen molar-refractivity contribution < 1.29 is 28.5 Å². The van der Waals surface area contributed by atoms with Gasteiger partial charge in [0.15, 0.2) is 6.29 Å². The fraction of sp³-hybridized carbons (Fsp3) is 0.600. The fourth-order valence-electron chi connectivity index (χ4n) is 2.71. The van der Waals surface area contributed by atoms with Crippen LogP contribution in [0.3, 0.4) is 0 Å². The molecule has 0 saturated heterocycles. The SMILES string of the molecule is C=C(C)C(=O)OCCCCCCOc1ccc(CCC(=O)OC(C)OCCCC)cc1. The highest BCUT2D eigenvalue weighted by molar-refractivity contribution is 5.86. The number of rotatable bonds is 17. The lowest BCUT2D eigenvalue weighted by molar-refractivity contribution is -0.174. The fourth-order valence-corrected chi connectivity index (χ4v) is 2.71. The van der Waals surface area contributed by atoms with Crippen LogP contribution in [-0.2, 0) is 30.2 Å². The zero-order chi connectivity index (χ0) is 22.9. The highest BCUT2D eigenvalue weighted by atomic mass is 16.7. The standard InChI is InChI=1S/C25H38O6/c1-5-6-17-28-21(4)31-24(26)16-13-22-11-14-23(15-12-22)29-18-9-7-8-10-19-30-25(27)20(2)3/h11-12,14-15,21H,2,5-10,13,16-19H2,1,3-4H3. The van der Waals surface area contributed by atoms with E-state index >= 15 is 0 Å². The molecule has 1 aromatic carbocycles. The van der Waals surface area contributed by atoms with Gasteiger partial charge in [0.05, 0.1) is 19.8 Å². The maximum Gasteiger partial charge on any atom is 0.333 e. The topological polar surface area (TPSA) is 71.1 Å². The summed E-state index contributed by atoms with van der Waals surface area (Å²) in [4.78, 5) is 23.2. The van der Waals surface area contributed by atoms with Crippen molar-refractivity contribution in [1.29, 1.82) is 0 Å². The Hall–Kier alpha value is -2.34. The van der Waals surface area contributed by atoms with E-state index in [-0.39, 0.29) is 11.9 Å². The smallest absolute Gasteiger partial charge is 0.333 e. The van der Waals surface area contributed by atoms with E-state index in [0.717, 1.165) is 49.8 Å². The second kappa shape index (κ2) is 16.4. The first-order valence-electron chi connectivity index (χ1n) is 11.3. The van der Waals surface area contributed by atoms with Gasteiger partial charge >= 0.3 is 11.9 Å². The summed E-state index contributed by atoms with van der Waals surface area (Å²) in [7, 11) is 0. The van der Waals surface area contributed by atoms with Gasteiger partial charge in [0.1, 0.15) is 5.75 Å². The van der Waals surface area contributed by atoms with Crippen LogP contribution in [0.4, 0.5) is 0 Å². The molecule has 0 N–H and O–H groups in total. The maximum absolute atomic E-state index is 11.9. The number of unbranched alkanes of at least 4 members (excludes halogenated alkanes) is 4. The minimum atomic E-state index is -0.499. The number of hydrogen-bond acceptors (Lipinski definition) is 6. The Morgan fingerprint density at radius 2 is 1.65 bits per heavy atom. The van der Waals surface area contributed by atoms with E-state index in [1.807, 2.05) is 24.3 Å². The number of carbonyl (C=O) groups excluding carboxylic acids is 2. The van der Waals surface area contributed by atoms with Gasteiger partial charge in [-0.25, -0.2) is 4.79 Å². The van der Waals surface area contributed by atoms with Gasteiger partial charge in [-0.2, -0.15) is 0 Å². The van der Waals surface area contributed by atoms with Gasteiger partial charge in [-0.3, -0.25) is 4.79 Å². The summed E-state index contributed by atoms with van der Waals surface area (Å²) in [5.41, 5.74) is 1.49.